The number of carbonyl (C=O) groups is 2. The number of amides is 2. The Bertz CT molecular complexity index is 489. The van der Waals surface area contributed by atoms with Gasteiger partial charge in [0.2, 0.25) is 11.8 Å². The van der Waals surface area contributed by atoms with E-state index in [0.717, 1.165) is 18.6 Å². The highest BCUT2D eigenvalue weighted by molar-refractivity contribution is 5.81. The lowest BCUT2D eigenvalue weighted by Crippen LogP contribution is -2.42. The number of benzene rings is 1. The highest BCUT2D eigenvalue weighted by atomic mass is 16.5. The van der Waals surface area contributed by atoms with Gasteiger partial charge in [-0.15, -0.1) is 0 Å². The van der Waals surface area contributed by atoms with Crippen LogP contribution >= 0.6 is 0 Å². The summed E-state index contributed by atoms with van der Waals surface area (Å²) in [5, 5.41) is 5.67. The van der Waals surface area contributed by atoms with Gasteiger partial charge in [0.15, 0.2) is 0 Å². The second-order valence-electron chi connectivity index (χ2n) is 5.53. The molecule has 1 aromatic rings. The van der Waals surface area contributed by atoms with Crippen molar-refractivity contribution >= 4 is 11.8 Å². The van der Waals surface area contributed by atoms with Crippen molar-refractivity contribution in [2.45, 2.75) is 18.9 Å². The van der Waals surface area contributed by atoms with Gasteiger partial charge in [-0.3, -0.25) is 14.5 Å². The molecule has 2 rings (SSSR count). The van der Waals surface area contributed by atoms with Gasteiger partial charge in [-0.05, 0) is 32.0 Å². The van der Waals surface area contributed by atoms with Crippen molar-refractivity contribution in [1.82, 2.24) is 15.5 Å². The third kappa shape index (κ3) is 6.58. The van der Waals surface area contributed by atoms with Crippen molar-refractivity contribution < 1.29 is 14.3 Å². The molecule has 6 heteroatoms. The Balaban J connectivity index is 1.53. The lowest BCUT2D eigenvalue weighted by Gasteiger charge is -2.16. The number of likely N-dealkylation sites (N-methyl/N-ethyl adjacent to an activating group) is 1. The molecule has 0 radical (unpaired) electrons. The smallest absolute Gasteiger partial charge is 0.234 e. The fraction of sp³-hybridized carbons (Fsp3) is 0.500. The van der Waals surface area contributed by atoms with Crippen LogP contribution in [0.15, 0.2) is 30.3 Å². The Morgan fingerprint density at radius 1 is 1.18 bits per heavy atom. The minimum absolute atomic E-state index is 0.0230. The van der Waals surface area contributed by atoms with Gasteiger partial charge in [0, 0.05) is 6.04 Å². The summed E-state index contributed by atoms with van der Waals surface area (Å²) in [6.07, 6.45) is 2.13. The van der Waals surface area contributed by atoms with E-state index in [2.05, 4.69) is 10.6 Å². The van der Waals surface area contributed by atoms with E-state index in [-0.39, 0.29) is 24.9 Å². The molecule has 1 fully saturated rings. The lowest BCUT2D eigenvalue weighted by atomic mass is 10.3. The van der Waals surface area contributed by atoms with Crippen LogP contribution in [-0.2, 0) is 9.59 Å². The van der Waals surface area contributed by atoms with E-state index in [1.54, 1.807) is 11.9 Å². The Kier molecular flexibility index (Phi) is 6.21. The first kappa shape index (κ1) is 16.3. The average Bonchev–Trinajstić information content (AvgIpc) is 3.28. The van der Waals surface area contributed by atoms with E-state index in [1.165, 1.54) is 0 Å². The fourth-order valence-corrected chi connectivity index (χ4v) is 1.98. The van der Waals surface area contributed by atoms with E-state index in [1.807, 2.05) is 30.3 Å². The molecule has 0 atom stereocenters. The Hall–Kier alpha value is -2.08. The van der Waals surface area contributed by atoms with Crippen LogP contribution in [0.4, 0.5) is 0 Å². The first-order valence-electron chi connectivity index (χ1n) is 7.56. The molecule has 0 bridgehead atoms. The quantitative estimate of drug-likeness (QED) is 0.648. The lowest BCUT2D eigenvalue weighted by molar-refractivity contribution is -0.124. The maximum Gasteiger partial charge on any atom is 0.234 e. The zero-order chi connectivity index (χ0) is 15.8. The van der Waals surface area contributed by atoms with E-state index in [9.17, 15) is 9.59 Å². The van der Waals surface area contributed by atoms with Crippen molar-refractivity contribution in [2.24, 2.45) is 0 Å². The van der Waals surface area contributed by atoms with Crippen molar-refractivity contribution in [3.05, 3.63) is 30.3 Å². The molecule has 1 aliphatic carbocycles. The maximum atomic E-state index is 11.7. The van der Waals surface area contributed by atoms with Crippen molar-refractivity contribution in [3.63, 3.8) is 0 Å². The Morgan fingerprint density at radius 3 is 2.55 bits per heavy atom. The standard InChI is InChI=1S/C16H23N3O3/c1-19(12-16(21)18-13-7-8-13)11-15(20)17-9-10-22-14-5-3-2-4-6-14/h2-6,13H,7-12H2,1H3,(H,17,20)(H,18,21). The van der Waals surface area contributed by atoms with E-state index < -0.39 is 0 Å². The molecule has 2 N–H and O–H groups in total. The summed E-state index contributed by atoms with van der Waals surface area (Å²) >= 11 is 0. The second kappa shape index (κ2) is 8.38. The first-order chi connectivity index (χ1) is 10.6. The number of hydrogen-bond donors (Lipinski definition) is 2. The summed E-state index contributed by atoms with van der Waals surface area (Å²) in [7, 11) is 1.76. The third-order valence-electron chi connectivity index (χ3n) is 3.21. The van der Waals surface area contributed by atoms with Gasteiger partial charge in [0.1, 0.15) is 12.4 Å². The monoisotopic (exact) mass is 305 g/mol. The number of para-hydroxylation sites is 1. The van der Waals surface area contributed by atoms with E-state index >= 15 is 0 Å². The highest BCUT2D eigenvalue weighted by Crippen LogP contribution is 2.18. The van der Waals surface area contributed by atoms with Gasteiger partial charge in [0.05, 0.1) is 19.6 Å². The topological polar surface area (TPSA) is 70.7 Å². The van der Waals surface area contributed by atoms with Crippen LogP contribution in [0.2, 0.25) is 0 Å². The maximum absolute atomic E-state index is 11.7. The summed E-state index contributed by atoms with van der Waals surface area (Å²) < 4.78 is 5.48. The second-order valence-corrected chi connectivity index (χ2v) is 5.53. The zero-order valence-electron chi connectivity index (χ0n) is 12.9. The summed E-state index contributed by atoms with van der Waals surface area (Å²) in [4.78, 5) is 25.0. The summed E-state index contributed by atoms with van der Waals surface area (Å²) in [5.41, 5.74) is 0. The molecule has 22 heavy (non-hydrogen) atoms. The molecule has 1 aliphatic rings. The van der Waals surface area contributed by atoms with Gasteiger partial charge < -0.3 is 15.4 Å². The molecule has 2 amide bonds. The molecule has 120 valence electrons. The van der Waals surface area contributed by atoms with Gasteiger partial charge >= 0.3 is 0 Å². The molecule has 1 saturated carbocycles. The molecular weight excluding hydrogens is 282 g/mol. The van der Waals surface area contributed by atoms with Crippen LogP contribution < -0.4 is 15.4 Å². The van der Waals surface area contributed by atoms with E-state index in [4.69, 9.17) is 4.74 Å². The number of hydrogen-bond acceptors (Lipinski definition) is 4. The van der Waals surface area contributed by atoms with Crippen molar-refractivity contribution in [3.8, 4) is 5.75 Å². The van der Waals surface area contributed by atoms with Crippen molar-refractivity contribution in [2.75, 3.05) is 33.3 Å². The molecule has 6 nitrogen and oxygen atoms in total. The number of carbonyl (C=O) groups excluding carboxylic acids is 2. The van der Waals surface area contributed by atoms with Gasteiger partial charge in [0.25, 0.3) is 0 Å². The van der Waals surface area contributed by atoms with Crippen LogP contribution in [0, 0.1) is 0 Å². The number of nitrogens with zero attached hydrogens (tertiary/aromatic N) is 1. The number of ether oxygens (including phenoxy) is 1. The van der Waals surface area contributed by atoms with Crippen LogP contribution in [-0.4, -0.2) is 56.0 Å². The van der Waals surface area contributed by atoms with Crippen LogP contribution in [0.25, 0.3) is 0 Å². The molecule has 0 spiro atoms. The minimum atomic E-state index is -0.113. The highest BCUT2D eigenvalue weighted by Gasteiger charge is 2.23. The zero-order valence-corrected chi connectivity index (χ0v) is 12.9. The SMILES string of the molecule is CN(CC(=O)NCCOc1ccccc1)CC(=O)NC1CC1. The molecular formula is C16H23N3O3. The Morgan fingerprint density at radius 2 is 1.86 bits per heavy atom. The first-order valence-corrected chi connectivity index (χ1v) is 7.56. The normalized spacial score (nSPS) is 13.7. The molecule has 0 saturated heterocycles. The van der Waals surface area contributed by atoms with Gasteiger partial charge in [-0.1, -0.05) is 18.2 Å². The molecule has 0 unspecified atom stereocenters. The third-order valence-corrected chi connectivity index (χ3v) is 3.21. The molecule has 0 heterocycles. The molecule has 1 aromatic carbocycles. The average molecular weight is 305 g/mol. The van der Waals surface area contributed by atoms with Gasteiger partial charge in [-0.25, -0.2) is 0 Å². The summed E-state index contributed by atoms with van der Waals surface area (Å²) in [5.74, 6) is 0.647. The van der Waals surface area contributed by atoms with Gasteiger partial charge in [-0.2, -0.15) is 0 Å². The largest absolute Gasteiger partial charge is 0.492 e. The van der Waals surface area contributed by atoms with Crippen LogP contribution in [0.1, 0.15) is 12.8 Å². The molecule has 0 aliphatic heterocycles. The van der Waals surface area contributed by atoms with Crippen LogP contribution in [0.5, 0.6) is 5.75 Å². The van der Waals surface area contributed by atoms with E-state index in [0.29, 0.717) is 19.2 Å². The fourth-order valence-electron chi connectivity index (χ4n) is 1.98. The predicted molar refractivity (Wildman–Crippen MR) is 83.6 cm³/mol. The number of rotatable bonds is 9. The van der Waals surface area contributed by atoms with Crippen LogP contribution in [0.3, 0.4) is 0 Å². The predicted octanol–water partition coefficient (Wildman–Crippen LogP) is 0.392. The number of nitrogens with one attached hydrogen (secondary N) is 2. The molecule has 0 aromatic heterocycles. The minimum Gasteiger partial charge on any atom is -0.492 e. The van der Waals surface area contributed by atoms with Crippen molar-refractivity contribution in [1.29, 1.82) is 0 Å². The summed E-state index contributed by atoms with van der Waals surface area (Å²) in [6, 6.07) is 9.81. The summed E-state index contributed by atoms with van der Waals surface area (Å²) in [6.45, 7) is 1.30. The Labute approximate surface area is 130 Å².